The molecule has 6 heteroatoms. The molecule has 0 fully saturated rings. The SMILES string of the molecule is COC(=O)c1ccc(Cl)c(NC(=O)CCOc2ccccc2)c1. The van der Waals surface area contributed by atoms with E-state index in [2.05, 4.69) is 10.1 Å². The topological polar surface area (TPSA) is 64.6 Å². The predicted octanol–water partition coefficient (Wildman–Crippen LogP) is 3.53. The minimum atomic E-state index is -0.496. The Morgan fingerprint density at radius 3 is 2.57 bits per heavy atom. The molecule has 0 spiro atoms. The fraction of sp³-hybridized carbons (Fsp3) is 0.176. The van der Waals surface area contributed by atoms with E-state index in [9.17, 15) is 9.59 Å². The first-order valence-corrected chi connectivity index (χ1v) is 7.33. The fourth-order valence-electron chi connectivity index (χ4n) is 1.86. The molecule has 2 rings (SSSR count). The molecule has 0 aromatic heterocycles. The first-order valence-electron chi connectivity index (χ1n) is 6.95. The van der Waals surface area contributed by atoms with E-state index in [0.717, 1.165) is 0 Å². The quantitative estimate of drug-likeness (QED) is 0.821. The van der Waals surface area contributed by atoms with E-state index in [1.165, 1.54) is 25.3 Å². The molecule has 0 atom stereocenters. The van der Waals surface area contributed by atoms with Gasteiger partial charge >= 0.3 is 5.97 Å². The number of hydrogen-bond donors (Lipinski definition) is 1. The average Bonchev–Trinajstić information content (AvgIpc) is 2.57. The number of esters is 1. The summed E-state index contributed by atoms with van der Waals surface area (Å²) >= 11 is 6.02. The average molecular weight is 334 g/mol. The molecule has 5 nitrogen and oxygen atoms in total. The highest BCUT2D eigenvalue weighted by molar-refractivity contribution is 6.33. The Morgan fingerprint density at radius 1 is 1.13 bits per heavy atom. The number of carbonyl (C=O) groups excluding carboxylic acids is 2. The summed E-state index contributed by atoms with van der Waals surface area (Å²) in [5, 5.41) is 3.00. The van der Waals surface area contributed by atoms with Crippen molar-refractivity contribution in [1.82, 2.24) is 0 Å². The third kappa shape index (κ3) is 5.00. The monoisotopic (exact) mass is 333 g/mol. The number of amides is 1. The van der Waals surface area contributed by atoms with Crippen LogP contribution in [0.25, 0.3) is 0 Å². The molecule has 0 saturated carbocycles. The number of ether oxygens (including phenoxy) is 2. The van der Waals surface area contributed by atoms with Gasteiger partial charge < -0.3 is 14.8 Å². The summed E-state index contributed by atoms with van der Waals surface area (Å²) in [7, 11) is 1.29. The smallest absolute Gasteiger partial charge is 0.337 e. The second-order valence-corrected chi connectivity index (χ2v) is 5.05. The van der Waals surface area contributed by atoms with Crippen LogP contribution >= 0.6 is 11.6 Å². The molecule has 0 unspecified atom stereocenters. The van der Waals surface area contributed by atoms with Crippen molar-refractivity contribution in [2.45, 2.75) is 6.42 Å². The number of anilines is 1. The zero-order chi connectivity index (χ0) is 16.7. The van der Waals surface area contributed by atoms with E-state index in [0.29, 0.717) is 22.0 Å². The van der Waals surface area contributed by atoms with Crippen molar-refractivity contribution in [3.8, 4) is 5.75 Å². The number of para-hydroxylation sites is 1. The Bertz CT molecular complexity index is 688. The van der Waals surface area contributed by atoms with Crippen LogP contribution in [0, 0.1) is 0 Å². The number of rotatable bonds is 6. The van der Waals surface area contributed by atoms with E-state index in [4.69, 9.17) is 16.3 Å². The zero-order valence-corrected chi connectivity index (χ0v) is 13.3. The van der Waals surface area contributed by atoms with Gasteiger partial charge in [0.05, 0.1) is 36.4 Å². The van der Waals surface area contributed by atoms with Gasteiger partial charge in [-0.2, -0.15) is 0 Å². The zero-order valence-electron chi connectivity index (χ0n) is 12.5. The van der Waals surface area contributed by atoms with Gasteiger partial charge in [0.2, 0.25) is 5.91 Å². The summed E-state index contributed by atoms with van der Waals surface area (Å²) in [5.74, 6) is -0.0551. The van der Waals surface area contributed by atoms with Crippen molar-refractivity contribution in [1.29, 1.82) is 0 Å². The highest BCUT2D eigenvalue weighted by Gasteiger charge is 2.11. The highest BCUT2D eigenvalue weighted by Crippen LogP contribution is 2.23. The van der Waals surface area contributed by atoms with E-state index in [1.54, 1.807) is 0 Å². The van der Waals surface area contributed by atoms with Crippen LogP contribution in [0.5, 0.6) is 5.75 Å². The van der Waals surface area contributed by atoms with Crippen molar-refractivity contribution in [3.63, 3.8) is 0 Å². The van der Waals surface area contributed by atoms with Crippen molar-refractivity contribution in [2.24, 2.45) is 0 Å². The molecule has 0 aliphatic rings. The van der Waals surface area contributed by atoms with Crippen LogP contribution in [0.1, 0.15) is 16.8 Å². The Labute approximate surface area is 139 Å². The molecule has 0 aliphatic heterocycles. The van der Waals surface area contributed by atoms with E-state index in [-0.39, 0.29) is 18.9 Å². The first-order chi connectivity index (χ1) is 11.1. The molecule has 120 valence electrons. The summed E-state index contributed by atoms with van der Waals surface area (Å²) in [6.07, 6.45) is 0.160. The summed E-state index contributed by atoms with van der Waals surface area (Å²) < 4.78 is 10.1. The molecule has 23 heavy (non-hydrogen) atoms. The number of benzene rings is 2. The lowest BCUT2D eigenvalue weighted by Gasteiger charge is -2.09. The van der Waals surface area contributed by atoms with Crippen LogP contribution in [0.3, 0.4) is 0 Å². The minimum Gasteiger partial charge on any atom is -0.493 e. The molecule has 0 aliphatic carbocycles. The van der Waals surface area contributed by atoms with Crippen LogP contribution in [0.4, 0.5) is 5.69 Å². The van der Waals surface area contributed by atoms with Crippen LogP contribution in [-0.2, 0) is 9.53 Å². The van der Waals surface area contributed by atoms with Gasteiger partial charge in [-0.3, -0.25) is 4.79 Å². The van der Waals surface area contributed by atoms with Gasteiger partial charge in [0, 0.05) is 0 Å². The van der Waals surface area contributed by atoms with Gasteiger partial charge in [-0.1, -0.05) is 29.8 Å². The number of methoxy groups -OCH3 is 1. The van der Waals surface area contributed by atoms with E-state index in [1.807, 2.05) is 30.3 Å². The van der Waals surface area contributed by atoms with E-state index < -0.39 is 5.97 Å². The Morgan fingerprint density at radius 2 is 1.87 bits per heavy atom. The molecular weight excluding hydrogens is 318 g/mol. The maximum Gasteiger partial charge on any atom is 0.337 e. The van der Waals surface area contributed by atoms with Gasteiger partial charge in [0.25, 0.3) is 0 Å². The molecule has 0 bridgehead atoms. The van der Waals surface area contributed by atoms with Gasteiger partial charge in [-0.05, 0) is 30.3 Å². The van der Waals surface area contributed by atoms with Crippen molar-refractivity contribution in [3.05, 3.63) is 59.1 Å². The van der Waals surface area contributed by atoms with Crippen molar-refractivity contribution >= 4 is 29.2 Å². The molecule has 1 N–H and O–H groups in total. The number of halogens is 1. The molecule has 1 amide bonds. The first kappa shape index (κ1) is 16.8. The lowest BCUT2D eigenvalue weighted by Crippen LogP contribution is -2.16. The summed E-state index contributed by atoms with van der Waals surface area (Å²) in [4.78, 5) is 23.4. The third-order valence-corrected chi connectivity index (χ3v) is 3.33. The van der Waals surface area contributed by atoms with Crippen LogP contribution < -0.4 is 10.1 Å². The maximum absolute atomic E-state index is 11.9. The largest absolute Gasteiger partial charge is 0.493 e. The van der Waals surface area contributed by atoms with Gasteiger partial charge in [0.15, 0.2) is 0 Å². The lowest BCUT2D eigenvalue weighted by molar-refractivity contribution is -0.116. The Hall–Kier alpha value is -2.53. The second-order valence-electron chi connectivity index (χ2n) is 4.65. The van der Waals surface area contributed by atoms with Crippen LogP contribution in [-0.4, -0.2) is 25.6 Å². The predicted molar refractivity (Wildman–Crippen MR) is 88.0 cm³/mol. The third-order valence-electron chi connectivity index (χ3n) is 3.00. The minimum absolute atomic E-state index is 0.160. The normalized spacial score (nSPS) is 10.0. The molecule has 2 aromatic carbocycles. The molecule has 0 saturated heterocycles. The van der Waals surface area contributed by atoms with Crippen molar-refractivity contribution < 1.29 is 19.1 Å². The van der Waals surface area contributed by atoms with Crippen molar-refractivity contribution in [2.75, 3.05) is 19.0 Å². The number of carbonyl (C=O) groups is 2. The standard InChI is InChI=1S/C17H16ClNO4/c1-22-17(21)12-7-8-14(18)15(11-12)19-16(20)9-10-23-13-5-3-2-4-6-13/h2-8,11H,9-10H2,1H3,(H,19,20). The summed E-state index contributed by atoms with van der Waals surface area (Å²) in [6.45, 7) is 0.240. The lowest BCUT2D eigenvalue weighted by atomic mass is 10.2. The number of hydrogen-bond acceptors (Lipinski definition) is 4. The number of nitrogens with one attached hydrogen (secondary N) is 1. The van der Waals surface area contributed by atoms with Crippen LogP contribution in [0.15, 0.2) is 48.5 Å². The highest BCUT2D eigenvalue weighted by atomic mass is 35.5. The summed E-state index contributed by atoms with van der Waals surface area (Å²) in [6, 6.07) is 13.8. The van der Waals surface area contributed by atoms with Gasteiger partial charge in [-0.25, -0.2) is 4.79 Å². The Kier molecular flexibility index (Phi) is 6.00. The molecule has 0 radical (unpaired) electrons. The molecule has 0 heterocycles. The van der Waals surface area contributed by atoms with Gasteiger partial charge in [0.1, 0.15) is 5.75 Å². The molecule has 2 aromatic rings. The maximum atomic E-state index is 11.9. The van der Waals surface area contributed by atoms with Gasteiger partial charge in [-0.15, -0.1) is 0 Å². The molecular formula is C17H16ClNO4. The Balaban J connectivity index is 1.91. The summed E-state index contributed by atoms with van der Waals surface area (Å²) in [5.41, 5.74) is 0.673. The second kappa shape index (κ2) is 8.19. The van der Waals surface area contributed by atoms with Crippen LogP contribution in [0.2, 0.25) is 5.02 Å². The van der Waals surface area contributed by atoms with E-state index >= 15 is 0 Å². The fourth-order valence-corrected chi connectivity index (χ4v) is 2.02.